The van der Waals surface area contributed by atoms with Gasteiger partial charge < -0.3 is 19.6 Å². The highest BCUT2D eigenvalue weighted by Crippen LogP contribution is 2.21. The molecule has 0 bridgehead atoms. The Labute approximate surface area is 134 Å². The average molecular weight is 306 g/mol. The van der Waals surface area contributed by atoms with Crippen molar-refractivity contribution in [2.24, 2.45) is 0 Å². The van der Waals surface area contributed by atoms with E-state index in [4.69, 9.17) is 4.74 Å². The molecule has 124 valence electrons. The van der Waals surface area contributed by atoms with Crippen LogP contribution in [0.2, 0.25) is 0 Å². The minimum absolute atomic E-state index is 0.385. The molecular formula is C18H30N2O2. The molecule has 1 unspecified atom stereocenters. The first-order valence-electron chi connectivity index (χ1n) is 8.50. The summed E-state index contributed by atoms with van der Waals surface area (Å²) in [6.45, 7) is 8.34. The number of hydrogen-bond acceptors (Lipinski definition) is 4. The second-order valence-corrected chi connectivity index (χ2v) is 6.22. The zero-order valence-corrected chi connectivity index (χ0v) is 14.0. The van der Waals surface area contributed by atoms with Gasteiger partial charge in [0.15, 0.2) is 0 Å². The Hall–Kier alpha value is -1.10. The molecule has 4 heteroatoms. The van der Waals surface area contributed by atoms with Crippen LogP contribution in [0.3, 0.4) is 0 Å². The zero-order valence-electron chi connectivity index (χ0n) is 14.0. The SMILES string of the molecule is CCCCOc1ccc(C(O)CCN2CCN(C)CC2)cc1. The number of ether oxygens (including phenoxy) is 1. The van der Waals surface area contributed by atoms with Crippen LogP contribution in [-0.2, 0) is 0 Å². The highest BCUT2D eigenvalue weighted by atomic mass is 16.5. The fourth-order valence-electron chi connectivity index (χ4n) is 2.66. The molecule has 1 saturated heterocycles. The maximum absolute atomic E-state index is 10.3. The van der Waals surface area contributed by atoms with E-state index in [1.807, 2.05) is 24.3 Å². The zero-order chi connectivity index (χ0) is 15.8. The molecule has 1 aromatic carbocycles. The topological polar surface area (TPSA) is 35.9 Å². The molecule has 1 aliphatic heterocycles. The first-order valence-corrected chi connectivity index (χ1v) is 8.50. The normalized spacial score (nSPS) is 18.3. The molecule has 0 radical (unpaired) electrons. The van der Waals surface area contributed by atoms with Gasteiger partial charge in [-0.3, -0.25) is 0 Å². The van der Waals surface area contributed by atoms with Crippen LogP contribution in [0.15, 0.2) is 24.3 Å². The lowest BCUT2D eigenvalue weighted by molar-refractivity contribution is 0.113. The number of aliphatic hydroxyl groups is 1. The molecule has 0 spiro atoms. The molecule has 1 atom stereocenters. The molecule has 4 nitrogen and oxygen atoms in total. The van der Waals surface area contributed by atoms with E-state index in [1.165, 1.54) is 0 Å². The quantitative estimate of drug-likeness (QED) is 0.749. The Bertz CT molecular complexity index is 414. The second kappa shape index (κ2) is 9.13. The summed E-state index contributed by atoms with van der Waals surface area (Å²) in [6.07, 6.45) is 2.63. The first kappa shape index (κ1) is 17.3. The molecule has 2 rings (SSSR count). The molecule has 1 N–H and O–H groups in total. The van der Waals surface area contributed by atoms with Gasteiger partial charge in [-0.1, -0.05) is 25.5 Å². The molecule has 1 aliphatic rings. The van der Waals surface area contributed by atoms with E-state index < -0.39 is 0 Å². The van der Waals surface area contributed by atoms with Crippen LogP contribution >= 0.6 is 0 Å². The fourth-order valence-corrected chi connectivity index (χ4v) is 2.66. The number of unbranched alkanes of at least 4 members (excludes halogenated alkanes) is 1. The monoisotopic (exact) mass is 306 g/mol. The third-order valence-corrected chi connectivity index (χ3v) is 4.35. The van der Waals surface area contributed by atoms with E-state index in [0.717, 1.165) is 69.9 Å². The second-order valence-electron chi connectivity index (χ2n) is 6.22. The number of nitrogens with zero attached hydrogens (tertiary/aromatic N) is 2. The maximum Gasteiger partial charge on any atom is 0.119 e. The van der Waals surface area contributed by atoms with Gasteiger partial charge >= 0.3 is 0 Å². The summed E-state index contributed by atoms with van der Waals surface area (Å²) in [4.78, 5) is 4.79. The Balaban J connectivity index is 1.73. The number of likely N-dealkylation sites (N-methyl/N-ethyl adjacent to an activating group) is 1. The van der Waals surface area contributed by atoms with Crippen LogP contribution in [-0.4, -0.2) is 61.3 Å². The van der Waals surface area contributed by atoms with Gasteiger partial charge in [0.25, 0.3) is 0 Å². The molecule has 1 heterocycles. The van der Waals surface area contributed by atoms with Crippen LogP contribution in [0, 0.1) is 0 Å². The lowest BCUT2D eigenvalue weighted by Crippen LogP contribution is -2.44. The lowest BCUT2D eigenvalue weighted by Gasteiger charge is -2.32. The Morgan fingerprint density at radius 3 is 2.45 bits per heavy atom. The van der Waals surface area contributed by atoms with Crippen LogP contribution in [0.1, 0.15) is 37.9 Å². The number of piperazine rings is 1. The van der Waals surface area contributed by atoms with Crippen molar-refractivity contribution >= 4 is 0 Å². The van der Waals surface area contributed by atoms with E-state index in [1.54, 1.807) is 0 Å². The third kappa shape index (κ3) is 5.59. The van der Waals surface area contributed by atoms with E-state index in [-0.39, 0.29) is 6.10 Å². The van der Waals surface area contributed by atoms with E-state index in [2.05, 4.69) is 23.8 Å². The molecule has 22 heavy (non-hydrogen) atoms. The van der Waals surface area contributed by atoms with E-state index in [9.17, 15) is 5.11 Å². The van der Waals surface area contributed by atoms with Crippen molar-refractivity contribution in [1.82, 2.24) is 9.80 Å². The molecule has 1 aromatic rings. The number of hydrogen-bond donors (Lipinski definition) is 1. The van der Waals surface area contributed by atoms with Crippen molar-refractivity contribution in [3.05, 3.63) is 29.8 Å². The lowest BCUT2D eigenvalue weighted by atomic mass is 10.1. The molecule has 0 saturated carbocycles. The summed E-state index contributed by atoms with van der Waals surface area (Å²) >= 11 is 0. The van der Waals surface area contributed by atoms with Gasteiger partial charge in [0.1, 0.15) is 5.75 Å². The third-order valence-electron chi connectivity index (χ3n) is 4.35. The Morgan fingerprint density at radius 2 is 1.82 bits per heavy atom. The first-order chi connectivity index (χ1) is 10.7. The number of benzene rings is 1. The predicted molar refractivity (Wildman–Crippen MR) is 90.4 cm³/mol. The molecule has 1 fully saturated rings. The predicted octanol–water partition coefficient (Wildman–Crippen LogP) is 2.54. The fraction of sp³-hybridized carbons (Fsp3) is 0.667. The summed E-state index contributed by atoms with van der Waals surface area (Å²) in [7, 11) is 2.16. The maximum atomic E-state index is 10.3. The van der Waals surface area contributed by atoms with Crippen LogP contribution in [0.4, 0.5) is 0 Å². The van der Waals surface area contributed by atoms with Crippen molar-refractivity contribution in [1.29, 1.82) is 0 Å². The molecule has 0 amide bonds. The standard InChI is InChI=1S/C18H30N2O2/c1-3-4-15-22-17-7-5-16(6-8-17)18(21)9-10-20-13-11-19(2)12-14-20/h5-8,18,21H,3-4,9-15H2,1-2H3. The highest BCUT2D eigenvalue weighted by molar-refractivity contribution is 5.28. The van der Waals surface area contributed by atoms with Gasteiger partial charge in [-0.05, 0) is 37.6 Å². The van der Waals surface area contributed by atoms with Crippen molar-refractivity contribution in [2.45, 2.75) is 32.3 Å². The van der Waals surface area contributed by atoms with Gasteiger partial charge in [0.2, 0.25) is 0 Å². The van der Waals surface area contributed by atoms with Crippen LogP contribution in [0.25, 0.3) is 0 Å². The molecule has 0 aliphatic carbocycles. The van der Waals surface area contributed by atoms with Gasteiger partial charge in [-0.2, -0.15) is 0 Å². The van der Waals surface area contributed by atoms with Crippen molar-refractivity contribution in [3.8, 4) is 5.75 Å². The van der Waals surface area contributed by atoms with E-state index in [0.29, 0.717) is 0 Å². The van der Waals surface area contributed by atoms with Gasteiger partial charge in [-0.25, -0.2) is 0 Å². The summed E-state index contributed by atoms with van der Waals surface area (Å²) in [5, 5.41) is 10.3. The average Bonchev–Trinajstić information content (AvgIpc) is 2.55. The smallest absolute Gasteiger partial charge is 0.119 e. The largest absolute Gasteiger partial charge is 0.494 e. The number of aliphatic hydroxyl groups excluding tert-OH is 1. The summed E-state index contributed by atoms with van der Waals surface area (Å²) < 4.78 is 5.65. The highest BCUT2D eigenvalue weighted by Gasteiger charge is 2.15. The van der Waals surface area contributed by atoms with Gasteiger partial charge in [-0.15, -0.1) is 0 Å². The van der Waals surface area contributed by atoms with Crippen molar-refractivity contribution in [2.75, 3.05) is 46.4 Å². The summed E-state index contributed by atoms with van der Waals surface area (Å²) in [5.41, 5.74) is 0.983. The molecule has 0 aromatic heterocycles. The summed E-state index contributed by atoms with van der Waals surface area (Å²) in [5.74, 6) is 0.892. The Morgan fingerprint density at radius 1 is 1.14 bits per heavy atom. The van der Waals surface area contributed by atoms with Crippen molar-refractivity contribution < 1.29 is 9.84 Å². The van der Waals surface area contributed by atoms with Crippen LogP contribution < -0.4 is 4.74 Å². The van der Waals surface area contributed by atoms with E-state index >= 15 is 0 Å². The summed E-state index contributed by atoms with van der Waals surface area (Å²) in [6, 6.07) is 7.89. The Kier molecular flexibility index (Phi) is 7.16. The van der Waals surface area contributed by atoms with Crippen LogP contribution in [0.5, 0.6) is 5.75 Å². The molecular weight excluding hydrogens is 276 g/mol. The van der Waals surface area contributed by atoms with Crippen molar-refractivity contribution in [3.63, 3.8) is 0 Å². The minimum Gasteiger partial charge on any atom is -0.494 e. The number of rotatable bonds is 8. The van der Waals surface area contributed by atoms with Gasteiger partial charge in [0, 0.05) is 32.7 Å². The minimum atomic E-state index is -0.385. The van der Waals surface area contributed by atoms with Gasteiger partial charge in [0.05, 0.1) is 12.7 Å².